The summed E-state index contributed by atoms with van der Waals surface area (Å²) in [6.07, 6.45) is 8.35. The van der Waals surface area contributed by atoms with Crippen LogP contribution in [-0.4, -0.2) is 47.5 Å². The molecule has 1 amide bonds. The SMILES string of the molecule is CCN(C(=O)CNC1CCC(SC)C1)C1CC1. The smallest absolute Gasteiger partial charge is 0.236 e. The lowest BCUT2D eigenvalue weighted by Gasteiger charge is -2.22. The predicted molar refractivity (Wildman–Crippen MR) is 73.4 cm³/mol. The number of hydrogen-bond acceptors (Lipinski definition) is 3. The van der Waals surface area contributed by atoms with Crippen molar-refractivity contribution in [3.63, 3.8) is 0 Å². The van der Waals surface area contributed by atoms with Crippen molar-refractivity contribution in [2.45, 2.75) is 56.4 Å². The van der Waals surface area contributed by atoms with Gasteiger partial charge in [-0.1, -0.05) is 0 Å². The van der Waals surface area contributed by atoms with Crippen molar-refractivity contribution in [1.29, 1.82) is 0 Å². The minimum atomic E-state index is 0.294. The molecule has 2 saturated carbocycles. The van der Waals surface area contributed by atoms with Crippen LogP contribution in [0.1, 0.15) is 39.0 Å². The van der Waals surface area contributed by atoms with Gasteiger partial charge in [-0.05, 0) is 45.3 Å². The number of amides is 1. The molecule has 0 spiro atoms. The lowest BCUT2D eigenvalue weighted by molar-refractivity contribution is -0.130. The summed E-state index contributed by atoms with van der Waals surface area (Å²) in [5, 5.41) is 4.24. The first-order valence-corrected chi connectivity index (χ1v) is 8.09. The van der Waals surface area contributed by atoms with Crippen LogP contribution in [0, 0.1) is 0 Å². The topological polar surface area (TPSA) is 32.3 Å². The van der Waals surface area contributed by atoms with E-state index in [0.717, 1.165) is 11.8 Å². The van der Waals surface area contributed by atoms with Gasteiger partial charge in [-0.25, -0.2) is 0 Å². The number of nitrogens with one attached hydrogen (secondary N) is 1. The van der Waals surface area contributed by atoms with Gasteiger partial charge in [0.1, 0.15) is 0 Å². The maximum absolute atomic E-state index is 12.0. The van der Waals surface area contributed by atoms with Crippen LogP contribution in [0.2, 0.25) is 0 Å². The minimum Gasteiger partial charge on any atom is -0.339 e. The molecule has 0 aromatic heterocycles. The molecule has 0 aromatic rings. The molecular formula is C13H24N2OS. The van der Waals surface area contributed by atoms with Gasteiger partial charge in [0.15, 0.2) is 0 Å². The maximum Gasteiger partial charge on any atom is 0.236 e. The zero-order valence-corrected chi connectivity index (χ0v) is 11.8. The molecule has 2 aliphatic carbocycles. The Morgan fingerprint density at radius 1 is 1.35 bits per heavy atom. The number of carbonyl (C=O) groups is 1. The van der Waals surface area contributed by atoms with Crippen molar-refractivity contribution in [2.75, 3.05) is 19.3 Å². The lowest BCUT2D eigenvalue weighted by Crippen LogP contribution is -2.42. The second-order valence-corrected chi connectivity index (χ2v) is 6.30. The number of rotatable bonds is 6. The standard InChI is InChI=1S/C13H24N2OS/c1-3-15(11-5-6-11)13(16)9-14-10-4-7-12(8-10)17-2/h10-12,14H,3-9H2,1-2H3. The average molecular weight is 256 g/mol. The van der Waals surface area contributed by atoms with E-state index in [1.54, 1.807) is 0 Å². The van der Waals surface area contributed by atoms with E-state index in [4.69, 9.17) is 0 Å². The van der Waals surface area contributed by atoms with E-state index >= 15 is 0 Å². The monoisotopic (exact) mass is 256 g/mol. The Bertz CT molecular complexity index is 268. The zero-order valence-electron chi connectivity index (χ0n) is 10.9. The Labute approximate surface area is 109 Å². The molecule has 0 aromatic carbocycles. The second kappa shape index (κ2) is 6.10. The Morgan fingerprint density at radius 2 is 2.12 bits per heavy atom. The highest BCUT2D eigenvalue weighted by Crippen LogP contribution is 2.28. The van der Waals surface area contributed by atoms with Crippen LogP contribution >= 0.6 is 11.8 Å². The van der Waals surface area contributed by atoms with Crippen LogP contribution in [0.4, 0.5) is 0 Å². The molecule has 1 N–H and O–H groups in total. The van der Waals surface area contributed by atoms with Gasteiger partial charge in [-0.2, -0.15) is 11.8 Å². The summed E-state index contributed by atoms with van der Waals surface area (Å²) in [5.41, 5.74) is 0. The van der Waals surface area contributed by atoms with Crippen LogP contribution in [-0.2, 0) is 4.79 Å². The van der Waals surface area contributed by atoms with E-state index in [1.807, 2.05) is 16.7 Å². The largest absolute Gasteiger partial charge is 0.339 e. The summed E-state index contributed by atoms with van der Waals surface area (Å²) < 4.78 is 0. The molecule has 17 heavy (non-hydrogen) atoms. The third kappa shape index (κ3) is 3.62. The molecule has 2 rings (SSSR count). The first kappa shape index (κ1) is 13.2. The number of thioether (sulfide) groups is 1. The summed E-state index contributed by atoms with van der Waals surface area (Å²) in [6, 6.07) is 1.12. The fourth-order valence-electron chi connectivity index (χ4n) is 2.70. The predicted octanol–water partition coefficient (Wildman–Crippen LogP) is 1.87. The fourth-order valence-corrected chi connectivity index (χ4v) is 3.49. The van der Waals surface area contributed by atoms with Crippen molar-refractivity contribution in [3.8, 4) is 0 Å². The highest BCUT2D eigenvalue weighted by Gasteiger charge is 2.31. The number of hydrogen-bond donors (Lipinski definition) is 1. The van der Waals surface area contributed by atoms with Crippen molar-refractivity contribution in [3.05, 3.63) is 0 Å². The number of carbonyl (C=O) groups excluding carboxylic acids is 1. The quantitative estimate of drug-likeness (QED) is 0.787. The third-order valence-corrected chi connectivity index (χ3v) is 5.00. The molecule has 2 atom stereocenters. The first-order valence-electron chi connectivity index (χ1n) is 6.80. The van der Waals surface area contributed by atoms with E-state index < -0.39 is 0 Å². The Morgan fingerprint density at radius 3 is 2.65 bits per heavy atom. The molecule has 2 aliphatic rings. The molecule has 4 heteroatoms. The van der Waals surface area contributed by atoms with Crippen molar-refractivity contribution in [1.82, 2.24) is 10.2 Å². The lowest BCUT2D eigenvalue weighted by atomic mass is 10.2. The van der Waals surface area contributed by atoms with E-state index in [1.165, 1.54) is 32.1 Å². The van der Waals surface area contributed by atoms with Crippen LogP contribution in [0.15, 0.2) is 0 Å². The molecule has 2 unspecified atom stereocenters. The highest BCUT2D eigenvalue weighted by atomic mass is 32.2. The van der Waals surface area contributed by atoms with Crippen LogP contribution in [0.5, 0.6) is 0 Å². The van der Waals surface area contributed by atoms with Gasteiger partial charge in [0.05, 0.1) is 6.54 Å². The molecule has 0 heterocycles. The van der Waals surface area contributed by atoms with Gasteiger partial charge in [0.2, 0.25) is 5.91 Å². The average Bonchev–Trinajstić information content (AvgIpc) is 3.06. The second-order valence-electron chi connectivity index (χ2n) is 5.16. The third-order valence-electron chi connectivity index (χ3n) is 3.91. The van der Waals surface area contributed by atoms with Gasteiger partial charge < -0.3 is 10.2 Å². The Hall–Kier alpha value is -0.220. The first-order chi connectivity index (χ1) is 8.24. The molecule has 0 bridgehead atoms. The molecular weight excluding hydrogens is 232 g/mol. The summed E-state index contributed by atoms with van der Waals surface area (Å²) in [5.74, 6) is 0.294. The van der Waals surface area contributed by atoms with Crippen molar-refractivity contribution >= 4 is 17.7 Å². The maximum atomic E-state index is 12.0. The molecule has 0 saturated heterocycles. The Balaban J connectivity index is 1.69. The van der Waals surface area contributed by atoms with E-state index in [-0.39, 0.29) is 0 Å². The molecule has 2 fully saturated rings. The van der Waals surface area contributed by atoms with Crippen LogP contribution in [0.25, 0.3) is 0 Å². The minimum absolute atomic E-state index is 0.294. The Kier molecular flexibility index (Phi) is 4.74. The van der Waals surface area contributed by atoms with Gasteiger partial charge in [-0.15, -0.1) is 0 Å². The van der Waals surface area contributed by atoms with Gasteiger partial charge in [-0.3, -0.25) is 4.79 Å². The van der Waals surface area contributed by atoms with Gasteiger partial charge >= 0.3 is 0 Å². The van der Waals surface area contributed by atoms with Crippen molar-refractivity contribution < 1.29 is 4.79 Å². The van der Waals surface area contributed by atoms with Crippen molar-refractivity contribution in [2.24, 2.45) is 0 Å². The van der Waals surface area contributed by atoms with Gasteiger partial charge in [0.25, 0.3) is 0 Å². The highest BCUT2D eigenvalue weighted by molar-refractivity contribution is 7.99. The number of likely N-dealkylation sites (N-methyl/N-ethyl adjacent to an activating group) is 1. The van der Waals surface area contributed by atoms with E-state index in [2.05, 4.69) is 18.5 Å². The normalized spacial score (nSPS) is 28.4. The summed E-state index contributed by atoms with van der Waals surface area (Å²) in [4.78, 5) is 14.1. The molecule has 3 nitrogen and oxygen atoms in total. The zero-order chi connectivity index (χ0) is 12.3. The fraction of sp³-hybridized carbons (Fsp3) is 0.923. The summed E-state index contributed by atoms with van der Waals surface area (Å²) >= 11 is 1.96. The van der Waals surface area contributed by atoms with Gasteiger partial charge in [0, 0.05) is 23.9 Å². The van der Waals surface area contributed by atoms with E-state index in [0.29, 0.717) is 24.5 Å². The van der Waals surface area contributed by atoms with Crippen LogP contribution in [0.3, 0.4) is 0 Å². The molecule has 0 aliphatic heterocycles. The molecule has 98 valence electrons. The summed E-state index contributed by atoms with van der Waals surface area (Å²) in [6.45, 7) is 3.48. The number of nitrogens with zero attached hydrogens (tertiary/aromatic N) is 1. The van der Waals surface area contributed by atoms with E-state index in [9.17, 15) is 4.79 Å². The summed E-state index contributed by atoms with van der Waals surface area (Å²) in [7, 11) is 0. The molecule has 0 radical (unpaired) electrons. The van der Waals surface area contributed by atoms with Crippen LogP contribution < -0.4 is 5.32 Å².